The number of anilines is 3. The van der Waals surface area contributed by atoms with Gasteiger partial charge in [-0.1, -0.05) is 264 Å². The van der Waals surface area contributed by atoms with Gasteiger partial charge in [0, 0.05) is 54.7 Å². The molecule has 14 aromatic carbocycles. The van der Waals surface area contributed by atoms with E-state index in [9.17, 15) is 0 Å². The van der Waals surface area contributed by atoms with Crippen molar-refractivity contribution in [2.45, 2.75) is 49.4 Å². The van der Waals surface area contributed by atoms with E-state index >= 15 is 0 Å². The molecule has 0 bridgehead atoms. The minimum Gasteiger partial charge on any atom is -0.456 e. The number of fused-ring (bicyclic) bond motifs is 23. The summed E-state index contributed by atoms with van der Waals surface area (Å²) in [6, 6.07) is 112. The third kappa shape index (κ3) is 6.68. The van der Waals surface area contributed by atoms with E-state index in [4.69, 9.17) is 8.83 Å². The molecule has 0 aliphatic heterocycles. The normalized spacial score (nSPS) is 15.2. The van der Waals surface area contributed by atoms with E-state index in [-0.39, 0.29) is 5.41 Å². The van der Waals surface area contributed by atoms with E-state index in [1.54, 1.807) is 0 Å². The molecule has 438 valence electrons. The van der Waals surface area contributed by atoms with Gasteiger partial charge in [0.05, 0.1) is 16.5 Å². The molecule has 0 spiro atoms. The molecule has 0 radical (unpaired) electrons. The van der Waals surface area contributed by atoms with Crippen LogP contribution in [0.25, 0.3) is 99.2 Å². The van der Waals surface area contributed by atoms with Crippen molar-refractivity contribution in [2.24, 2.45) is 0 Å². The topological polar surface area (TPSA) is 29.5 Å². The van der Waals surface area contributed by atoms with Crippen LogP contribution in [-0.2, 0) is 21.7 Å². The van der Waals surface area contributed by atoms with Gasteiger partial charge in [0.2, 0.25) is 0 Å². The highest BCUT2D eigenvalue weighted by Gasteiger charge is 2.53. The maximum atomic E-state index is 7.12. The summed E-state index contributed by atoms with van der Waals surface area (Å²) in [6.07, 6.45) is 0. The molecule has 0 N–H and O–H groups in total. The fraction of sp³-hybridized carbons (Fsp3) is 0.0889. The number of hydrogen-bond acceptors (Lipinski definition) is 3. The zero-order valence-electron chi connectivity index (χ0n) is 52.1. The molecule has 2 heterocycles. The lowest BCUT2D eigenvalue weighted by Crippen LogP contribution is -2.30. The summed E-state index contributed by atoms with van der Waals surface area (Å²) in [5.41, 5.74) is 30.1. The van der Waals surface area contributed by atoms with Crippen LogP contribution in [-0.4, -0.2) is 0 Å². The van der Waals surface area contributed by atoms with Crippen molar-refractivity contribution in [1.29, 1.82) is 0 Å². The maximum Gasteiger partial charge on any atom is 0.144 e. The Balaban J connectivity index is 0.873. The second kappa shape index (κ2) is 18.7. The highest BCUT2D eigenvalue weighted by Crippen LogP contribution is 2.67. The van der Waals surface area contributed by atoms with Crippen LogP contribution in [0.15, 0.2) is 306 Å². The Bertz CT molecular complexity index is 5780. The van der Waals surface area contributed by atoms with E-state index in [2.05, 4.69) is 330 Å². The van der Waals surface area contributed by atoms with Gasteiger partial charge < -0.3 is 13.7 Å². The average molecular weight is 1190 g/mol. The van der Waals surface area contributed by atoms with Crippen LogP contribution >= 0.6 is 0 Å². The zero-order valence-corrected chi connectivity index (χ0v) is 52.1. The summed E-state index contributed by atoms with van der Waals surface area (Å²) in [4.78, 5) is 2.56. The van der Waals surface area contributed by atoms with Gasteiger partial charge in [-0.25, -0.2) is 0 Å². The molecule has 3 heteroatoms. The molecule has 0 unspecified atom stereocenters. The molecule has 4 aliphatic carbocycles. The number of rotatable bonds is 7. The molecule has 20 rings (SSSR count). The number of para-hydroxylation sites is 2. The Morgan fingerprint density at radius 1 is 0.280 bits per heavy atom. The van der Waals surface area contributed by atoms with Crippen molar-refractivity contribution in [1.82, 2.24) is 0 Å². The average Bonchev–Trinajstić information content (AvgIpc) is 1.51. The van der Waals surface area contributed by atoms with Crippen LogP contribution in [0.4, 0.5) is 17.1 Å². The van der Waals surface area contributed by atoms with Gasteiger partial charge in [0.25, 0.3) is 0 Å². The Kier molecular flexibility index (Phi) is 10.6. The molecule has 0 saturated carbocycles. The summed E-state index contributed by atoms with van der Waals surface area (Å²) in [5, 5.41) is 6.99. The van der Waals surface area contributed by atoms with Crippen LogP contribution in [0.1, 0.15) is 94.5 Å². The monoisotopic (exact) mass is 1190 g/mol. The lowest BCUT2D eigenvalue weighted by molar-refractivity contribution is 0.600. The Hall–Kier alpha value is -11.3. The van der Waals surface area contributed by atoms with Gasteiger partial charge in [-0.15, -0.1) is 0 Å². The van der Waals surface area contributed by atoms with E-state index < -0.39 is 16.2 Å². The van der Waals surface area contributed by atoms with Gasteiger partial charge in [-0.2, -0.15) is 0 Å². The molecule has 0 atom stereocenters. The fourth-order valence-corrected chi connectivity index (χ4v) is 18.4. The van der Waals surface area contributed by atoms with E-state index in [0.29, 0.717) is 0 Å². The first-order chi connectivity index (χ1) is 45.7. The molecule has 16 aromatic rings. The zero-order chi connectivity index (χ0) is 61.7. The van der Waals surface area contributed by atoms with Crippen molar-refractivity contribution < 1.29 is 8.83 Å². The van der Waals surface area contributed by atoms with Gasteiger partial charge >= 0.3 is 0 Å². The van der Waals surface area contributed by atoms with E-state index in [1.165, 1.54) is 127 Å². The summed E-state index contributed by atoms with van der Waals surface area (Å²) in [7, 11) is 0. The number of nitrogens with zero attached hydrogens (tertiary/aromatic N) is 1. The summed E-state index contributed by atoms with van der Waals surface area (Å²) in [6.45, 7) is 9.78. The van der Waals surface area contributed by atoms with Crippen LogP contribution in [0.3, 0.4) is 0 Å². The highest BCUT2D eigenvalue weighted by molar-refractivity contribution is 6.21. The first-order valence-electron chi connectivity index (χ1n) is 32.7. The van der Waals surface area contributed by atoms with Crippen LogP contribution < -0.4 is 4.90 Å². The number of hydrogen-bond donors (Lipinski definition) is 0. The fourth-order valence-electron chi connectivity index (χ4n) is 18.4. The van der Waals surface area contributed by atoms with Crippen molar-refractivity contribution in [3.8, 4) is 44.5 Å². The smallest absolute Gasteiger partial charge is 0.144 e. The first kappa shape index (κ1) is 52.5. The third-order valence-electron chi connectivity index (χ3n) is 22.1. The number of benzene rings is 14. The molecule has 2 aromatic heterocycles. The molecule has 4 aliphatic rings. The first-order valence-corrected chi connectivity index (χ1v) is 32.7. The lowest BCUT2D eigenvalue weighted by atomic mass is 9.66. The van der Waals surface area contributed by atoms with Crippen LogP contribution in [0.5, 0.6) is 0 Å². The van der Waals surface area contributed by atoms with E-state index in [0.717, 1.165) is 55.6 Å². The Labute approximate surface area is 540 Å². The largest absolute Gasteiger partial charge is 0.456 e. The molecular formula is C90H61NO2. The highest BCUT2D eigenvalue weighted by atomic mass is 16.3. The van der Waals surface area contributed by atoms with Crippen molar-refractivity contribution in [3.63, 3.8) is 0 Å². The second-order valence-electron chi connectivity index (χ2n) is 27.3. The predicted molar refractivity (Wildman–Crippen MR) is 383 cm³/mol. The molecular weight excluding hydrogens is 1130 g/mol. The van der Waals surface area contributed by atoms with Crippen LogP contribution in [0.2, 0.25) is 0 Å². The summed E-state index contributed by atoms with van der Waals surface area (Å²) >= 11 is 0. The molecule has 0 amide bonds. The molecule has 93 heavy (non-hydrogen) atoms. The Morgan fingerprint density at radius 2 is 0.753 bits per heavy atom. The van der Waals surface area contributed by atoms with Crippen molar-refractivity contribution >= 4 is 71.7 Å². The minimum atomic E-state index is -0.773. The predicted octanol–water partition coefficient (Wildman–Crippen LogP) is 23.4. The molecule has 3 nitrogen and oxygen atoms in total. The summed E-state index contributed by atoms with van der Waals surface area (Å²) in [5.74, 6) is 0. The molecule has 0 fully saturated rings. The van der Waals surface area contributed by atoms with Gasteiger partial charge in [-0.3, -0.25) is 0 Å². The van der Waals surface area contributed by atoms with Gasteiger partial charge in [0.15, 0.2) is 0 Å². The van der Waals surface area contributed by atoms with Crippen molar-refractivity contribution in [3.05, 3.63) is 364 Å². The standard InChI is InChI=1S/C90H61NO2/c1-87(2)69-40-22-19-37-63(69)83-85(87)84-81(82-66-39-21-24-43-77(66)93-86(82)83)64-47-45-59(50-71(64)88(84,3)4)91(75-41-25-27-54-26-17-18-36-61(54)75)60-44-46-62-67-52-74-68(53-73(67)90(72(62)51-60,57-32-13-7-14-33-57)58-34-15-8-16-35-58)79-70(48-49-78-80(79)65-38-20-23-42-76(65)92-78)89(74,55-28-9-5-10-29-55)56-30-11-6-12-31-56/h5-53H,1-4H3. The maximum absolute atomic E-state index is 7.12. The summed E-state index contributed by atoms with van der Waals surface area (Å²) < 4.78 is 14.0. The van der Waals surface area contributed by atoms with E-state index in [1.807, 2.05) is 0 Å². The SMILES string of the molecule is CC1(C)c2ccccc2-c2c1c1c(c3c2oc2ccccc23)-c2ccc(N(c3ccc4c(c3)C(c3ccccc3)(c3ccccc3)c3cc5c(cc3-4)C(c3ccccc3)(c3ccccc3)c3ccc4oc6ccccc6c4c3-5)c3cccc4ccccc34)cc2C1(C)C. The minimum absolute atomic E-state index is 0.277. The lowest BCUT2D eigenvalue weighted by Gasteiger charge is -2.36. The molecule has 0 saturated heterocycles. The van der Waals surface area contributed by atoms with Crippen LogP contribution in [0, 0.1) is 0 Å². The van der Waals surface area contributed by atoms with Crippen molar-refractivity contribution in [2.75, 3.05) is 4.90 Å². The number of furan rings is 2. The van der Waals surface area contributed by atoms with Gasteiger partial charge in [0.1, 0.15) is 22.3 Å². The second-order valence-corrected chi connectivity index (χ2v) is 27.3. The third-order valence-corrected chi connectivity index (χ3v) is 22.1. The Morgan fingerprint density at radius 3 is 1.42 bits per heavy atom. The quantitative estimate of drug-likeness (QED) is 0.159. The van der Waals surface area contributed by atoms with Gasteiger partial charge in [-0.05, 0) is 172 Å².